The number of phenols is 1. The van der Waals surface area contributed by atoms with E-state index in [-0.39, 0.29) is 36.1 Å². The normalized spacial score (nSPS) is 15.0. The minimum Gasteiger partial charge on any atom is -0.508 e. The van der Waals surface area contributed by atoms with Crippen LogP contribution in [-0.2, 0) is 29.0 Å². The molecule has 37 heavy (non-hydrogen) atoms. The first-order chi connectivity index (χ1) is 17.9. The van der Waals surface area contributed by atoms with Crippen LogP contribution in [0.15, 0.2) is 64.5 Å². The van der Waals surface area contributed by atoms with E-state index in [1.54, 1.807) is 30.9 Å². The highest BCUT2D eigenvalue weighted by molar-refractivity contribution is 6.20. The lowest BCUT2D eigenvalue weighted by Crippen LogP contribution is -2.35. The number of allylic oxidation sites excluding steroid dienone is 1. The number of aryl methyl sites for hydroxylation is 1. The van der Waals surface area contributed by atoms with Crippen LogP contribution in [0.4, 0.5) is 0 Å². The van der Waals surface area contributed by atoms with E-state index >= 15 is 0 Å². The van der Waals surface area contributed by atoms with Crippen LogP contribution in [-0.4, -0.2) is 52.1 Å². The number of hydrogen-bond donors (Lipinski definition) is 1. The number of amides is 2. The predicted octanol–water partition coefficient (Wildman–Crippen LogP) is 2.92. The van der Waals surface area contributed by atoms with Crippen molar-refractivity contribution in [1.29, 1.82) is 0 Å². The van der Waals surface area contributed by atoms with Crippen LogP contribution in [0.1, 0.15) is 24.2 Å². The SMILES string of the molecule is COc1ccc(CCn2c(CCN3C(=O)C4=C(CCC=C4)C3=O)nc3ccc(O)cc3c2=O)cc1OC. The van der Waals surface area contributed by atoms with E-state index in [0.29, 0.717) is 58.8 Å². The maximum Gasteiger partial charge on any atom is 0.261 e. The Morgan fingerprint density at radius 3 is 2.51 bits per heavy atom. The Kier molecular flexibility index (Phi) is 6.52. The number of aromatic nitrogens is 2. The van der Waals surface area contributed by atoms with Gasteiger partial charge in [0.1, 0.15) is 11.6 Å². The molecule has 0 saturated carbocycles. The Morgan fingerprint density at radius 1 is 0.946 bits per heavy atom. The van der Waals surface area contributed by atoms with Crippen LogP contribution in [0.25, 0.3) is 10.9 Å². The molecule has 0 spiro atoms. The number of aromatic hydroxyl groups is 1. The third-order valence-electron chi connectivity index (χ3n) is 6.80. The quantitative estimate of drug-likeness (QED) is 0.473. The standard InChI is InChI=1S/C28H27N3O6/c1-36-23-10-7-17(15-24(23)37-2)11-13-30-25(29-22-9-8-18(32)16-21(22)28(30)35)12-14-31-26(33)19-5-3-4-6-20(19)27(31)34/h3,5,7-10,15-16,32H,4,6,11-14H2,1-2H3. The number of nitrogens with zero attached hydrogens (tertiary/aromatic N) is 3. The second-order valence-corrected chi connectivity index (χ2v) is 8.97. The van der Waals surface area contributed by atoms with Crippen molar-refractivity contribution in [2.75, 3.05) is 20.8 Å². The number of imide groups is 1. The number of ether oxygens (including phenoxy) is 2. The van der Waals surface area contributed by atoms with Gasteiger partial charge in [0.2, 0.25) is 0 Å². The maximum absolute atomic E-state index is 13.5. The lowest BCUT2D eigenvalue weighted by molar-refractivity contribution is -0.137. The van der Waals surface area contributed by atoms with Crippen molar-refractivity contribution < 1.29 is 24.2 Å². The van der Waals surface area contributed by atoms with Crippen LogP contribution in [0.3, 0.4) is 0 Å². The summed E-state index contributed by atoms with van der Waals surface area (Å²) in [4.78, 5) is 45.1. The summed E-state index contributed by atoms with van der Waals surface area (Å²) >= 11 is 0. The molecule has 9 nitrogen and oxygen atoms in total. The van der Waals surface area contributed by atoms with Crippen LogP contribution in [0.5, 0.6) is 17.2 Å². The zero-order chi connectivity index (χ0) is 26.1. The first-order valence-corrected chi connectivity index (χ1v) is 12.1. The molecular formula is C28H27N3O6. The number of carbonyl (C=O) groups excluding carboxylic acids is 2. The summed E-state index contributed by atoms with van der Waals surface area (Å²) in [6.45, 7) is 0.423. The highest BCUT2D eigenvalue weighted by atomic mass is 16.5. The molecule has 2 aromatic carbocycles. The molecule has 5 rings (SSSR count). The van der Waals surface area contributed by atoms with Crippen LogP contribution < -0.4 is 15.0 Å². The van der Waals surface area contributed by atoms with Crippen molar-refractivity contribution in [3.63, 3.8) is 0 Å². The molecule has 3 aromatic rings. The summed E-state index contributed by atoms with van der Waals surface area (Å²) in [5.74, 6) is 1.06. The summed E-state index contributed by atoms with van der Waals surface area (Å²) in [6.07, 6.45) is 5.64. The average molecular weight is 502 g/mol. The molecule has 190 valence electrons. The molecule has 0 radical (unpaired) electrons. The van der Waals surface area contributed by atoms with E-state index in [1.165, 1.54) is 17.0 Å². The molecule has 1 aromatic heterocycles. The molecule has 1 aliphatic carbocycles. The Hall–Kier alpha value is -4.40. The smallest absolute Gasteiger partial charge is 0.261 e. The van der Waals surface area contributed by atoms with Crippen LogP contribution in [0, 0.1) is 0 Å². The number of rotatable bonds is 8. The van der Waals surface area contributed by atoms with Gasteiger partial charge in [0.05, 0.1) is 25.1 Å². The van der Waals surface area contributed by atoms with Crippen molar-refractivity contribution in [2.45, 2.75) is 32.2 Å². The number of hydrogen-bond acceptors (Lipinski definition) is 7. The van der Waals surface area contributed by atoms with E-state index in [4.69, 9.17) is 9.47 Å². The summed E-state index contributed by atoms with van der Waals surface area (Å²) < 4.78 is 12.2. The van der Waals surface area contributed by atoms with Crippen LogP contribution in [0.2, 0.25) is 0 Å². The molecule has 0 atom stereocenters. The summed E-state index contributed by atoms with van der Waals surface area (Å²) in [6, 6.07) is 10.0. The van der Waals surface area contributed by atoms with Crippen LogP contribution >= 0.6 is 0 Å². The number of fused-ring (bicyclic) bond motifs is 1. The molecule has 2 amide bonds. The van der Waals surface area contributed by atoms with Gasteiger partial charge in [-0.05, 0) is 55.2 Å². The molecule has 1 aliphatic heterocycles. The number of carbonyl (C=O) groups is 2. The predicted molar refractivity (Wildman–Crippen MR) is 137 cm³/mol. The molecule has 2 heterocycles. The van der Waals surface area contributed by atoms with Gasteiger partial charge in [0.15, 0.2) is 11.5 Å². The van der Waals surface area contributed by atoms with Crippen molar-refractivity contribution >= 4 is 22.7 Å². The highest BCUT2D eigenvalue weighted by Crippen LogP contribution is 2.30. The molecule has 2 aliphatic rings. The Labute approximate surface area is 213 Å². The lowest BCUT2D eigenvalue weighted by atomic mass is 10.00. The van der Waals surface area contributed by atoms with E-state index in [2.05, 4.69) is 4.98 Å². The molecule has 0 fully saturated rings. The van der Waals surface area contributed by atoms with Gasteiger partial charge >= 0.3 is 0 Å². The zero-order valence-electron chi connectivity index (χ0n) is 20.7. The van der Waals surface area contributed by atoms with E-state index in [9.17, 15) is 19.5 Å². The van der Waals surface area contributed by atoms with Gasteiger partial charge in [-0.25, -0.2) is 4.98 Å². The largest absolute Gasteiger partial charge is 0.508 e. The molecule has 0 unspecified atom stereocenters. The summed E-state index contributed by atoms with van der Waals surface area (Å²) in [7, 11) is 3.13. The number of methoxy groups -OCH3 is 2. The number of benzene rings is 2. The van der Waals surface area contributed by atoms with Crippen molar-refractivity contribution in [1.82, 2.24) is 14.5 Å². The topological polar surface area (TPSA) is 111 Å². The highest BCUT2D eigenvalue weighted by Gasteiger charge is 2.37. The molecule has 9 heteroatoms. The minimum absolute atomic E-state index is 0.0245. The first-order valence-electron chi connectivity index (χ1n) is 12.1. The van der Waals surface area contributed by atoms with Gasteiger partial charge in [0, 0.05) is 30.7 Å². The van der Waals surface area contributed by atoms with Gasteiger partial charge in [0.25, 0.3) is 17.4 Å². The van der Waals surface area contributed by atoms with E-state index in [1.807, 2.05) is 24.3 Å². The van der Waals surface area contributed by atoms with Gasteiger partial charge < -0.3 is 14.6 Å². The Morgan fingerprint density at radius 2 is 1.76 bits per heavy atom. The zero-order valence-corrected chi connectivity index (χ0v) is 20.7. The average Bonchev–Trinajstić information content (AvgIpc) is 3.16. The van der Waals surface area contributed by atoms with E-state index in [0.717, 1.165) is 12.0 Å². The van der Waals surface area contributed by atoms with Crippen molar-refractivity contribution in [2.24, 2.45) is 0 Å². The first kappa shape index (κ1) is 24.3. The Balaban J connectivity index is 1.44. The fraction of sp³-hybridized carbons (Fsp3) is 0.286. The van der Waals surface area contributed by atoms with Gasteiger partial charge in [-0.1, -0.05) is 18.2 Å². The molecular weight excluding hydrogens is 474 g/mol. The third-order valence-corrected chi connectivity index (χ3v) is 6.80. The monoisotopic (exact) mass is 501 g/mol. The number of phenolic OH excluding ortho intramolecular Hbond substituents is 1. The van der Waals surface area contributed by atoms with Gasteiger partial charge in [-0.3, -0.25) is 23.9 Å². The maximum atomic E-state index is 13.5. The Bertz CT molecular complexity index is 1530. The fourth-order valence-corrected chi connectivity index (χ4v) is 4.86. The van der Waals surface area contributed by atoms with Crippen molar-refractivity contribution in [3.05, 3.63) is 81.4 Å². The summed E-state index contributed by atoms with van der Waals surface area (Å²) in [5.41, 5.74) is 2.10. The molecule has 0 saturated heterocycles. The summed E-state index contributed by atoms with van der Waals surface area (Å²) in [5, 5.41) is 10.2. The second kappa shape index (κ2) is 9.93. The molecule has 0 bridgehead atoms. The fourth-order valence-electron chi connectivity index (χ4n) is 4.86. The molecule has 1 N–H and O–H groups in total. The van der Waals surface area contributed by atoms with Crippen molar-refractivity contribution in [3.8, 4) is 17.2 Å². The third kappa shape index (κ3) is 4.48. The van der Waals surface area contributed by atoms with Gasteiger partial charge in [-0.2, -0.15) is 0 Å². The lowest BCUT2D eigenvalue weighted by Gasteiger charge is -2.18. The minimum atomic E-state index is -0.305. The second-order valence-electron chi connectivity index (χ2n) is 8.97. The van der Waals surface area contributed by atoms with E-state index < -0.39 is 0 Å². The van der Waals surface area contributed by atoms with Gasteiger partial charge in [-0.15, -0.1) is 0 Å².